The van der Waals surface area contributed by atoms with E-state index in [-0.39, 0.29) is 4.90 Å². The summed E-state index contributed by atoms with van der Waals surface area (Å²) in [5, 5.41) is 0. The van der Waals surface area contributed by atoms with Crippen LogP contribution in [0.15, 0.2) is 46.3 Å². The lowest BCUT2D eigenvalue weighted by Crippen LogP contribution is -2.32. The number of thiazole rings is 1. The third-order valence-electron chi connectivity index (χ3n) is 5.51. The van der Waals surface area contributed by atoms with Crippen molar-refractivity contribution in [2.24, 2.45) is 4.99 Å². The highest BCUT2D eigenvalue weighted by Gasteiger charge is 2.23. The molecule has 0 bridgehead atoms. The Bertz CT molecular complexity index is 1320. The Morgan fingerprint density at radius 3 is 2.32 bits per heavy atom. The minimum Gasteiger partial charge on any atom is -0.383 e. The number of rotatable bonds is 10. The average Bonchev–Trinajstić information content (AvgIpc) is 3.14. The molecule has 0 atom stereocenters. The van der Waals surface area contributed by atoms with Crippen molar-refractivity contribution in [3.8, 4) is 0 Å². The van der Waals surface area contributed by atoms with Crippen LogP contribution in [0.25, 0.3) is 10.2 Å². The predicted molar refractivity (Wildman–Crippen MR) is 137 cm³/mol. The van der Waals surface area contributed by atoms with Crippen molar-refractivity contribution in [1.29, 1.82) is 0 Å². The van der Waals surface area contributed by atoms with Crippen LogP contribution in [0.1, 0.15) is 48.2 Å². The van der Waals surface area contributed by atoms with E-state index in [4.69, 9.17) is 4.74 Å². The zero-order valence-electron chi connectivity index (χ0n) is 20.5. The van der Waals surface area contributed by atoms with E-state index in [1.807, 2.05) is 25.3 Å². The molecule has 9 heteroatoms. The summed E-state index contributed by atoms with van der Waals surface area (Å²) < 4.78 is 35.8. The minimum atomic E-state index is -3.59. The Balaban J connectivity index is 1.98. The van der Waals surface area contributed by atoms with Gasteiger partial charge < -0.3 is 9.30 Å². The molecule has 0 N–H and O–H groups in total. The second-order valence-electron chi connectivity index (χ2n) is 8.30. The summed E-state index contributed by atoms with van der Waals surface area (Å²) in [5.74, 6) is -0.407. The molecule has 1 aromatic heterocycles. The van der Waals surface area contributed by atoms with Crippen LogP contribution < -0.4 is 4.80 Å². The van der Waals surface area contributed by atoms with Crippen molar-refractivity contribution in [3.63, 3.8) is 0 Å². The maximum absolute atomic E-state index is 13.0. The van der Waals surface area contributed by atoms with E-state index in [2.05, 4.69) is 24.0 Å². The molecule has 0 radical (unpaired) electrons. The van der Waals surface area contributed by atoms with Gasteiger partial charge in [0.2, 0.25) is 10.0 Å². The van der Waals surface area contributed by atoms with E-state index in [1.54, 1.807) is 7.11 Å². The molecular formula is C25H33N3O4S2. The molecule has 0 aliphatic carbocycles. The monoisotopic (exact) mass is 503 g/mol. The van der Waals surface area contributed by atoms with Gasteiger partial charge >= 0.3 is 0 Å². The molecule has 0 aliphatic heterocycles. The summed E-state index contributed by atoms with van der Waals surface area (Å²) in [4.78, 5) is 18.2. The Kier molecular flexibility index (Phi) is 8.81. The molecule has 0 aliphatic rings. The molecule has 1 amide bonds. The van der Waals surface area contributed by atoms with Crippen LogP contribution in [-0.4, -0.2) is 50.0 Å². The van der Waals surface area contributed by atoms with Crippen molar-refractivity contribution < 1.29 is 17.9 Å². The highest BCUT2D eigenvalue weighted by molar-refractivity contribution is 7.89. The fourth-order valence-corrected chi connectivity index (χ4v) is 6.84. The number of sulfonamides is 1. The quantitative estimate of drug-likeness (QED) is 0.407. The SMILES string of the molecule is CCCN(CCC)S(=O)(=O)c1ccc(C(=O)N=c2sc3cc(C)cc(C)c3n2CCOC)cc1. The standard InChI is InChI=1S/C25H33N3O4S2/c1-6-12-27(13-7-2)34(30,31)21-10-8-20(9-11-21)24(29)26-25-28(14-15-32-5)23-19(4)16-18(3)17-22(23)33-25/h8-11,16-17H,6-7,12-15H2,1-5H3. The van der Waals surface area contributed by atoms with Gasteiger partial charge in [-0.05, 0) is 68.1 Å². The molecule has 3 rings (SSSR count). The highest BCUT2D eigenvalue weighted by atomic mass is 32.2. The van der Waals surface area contributed by atoms with Gasteiger partial charge in [0.1, 0.15) is 0 Å². The lowest BCUT2D eigenvalue weighted by Gasteiger charge is -2.21. The molecule has 34 heavy (non-hydrogen) atoms. The fraction of sp³-hybridized carbons (Fsp3) is 0.440. The maximum atomic E-state index is 13.0. The summed E-state index contributed by atoms with van der Waals surface area (Å²) in [6, 6.07) is 10.3. The number of ether oxygens (including phenoxy) is 1. The zero-order valence-corrected chi connectivity index (χ0v) is 22.1. The van der Waals surface area contributed by atoms with Gasteiger partial charge in [-0.15, -0.1) is 0 Å². The molecule has 7 nitrogen and oxygen atoms in total. The second kappa shape index (κ2) is 11.4. The summed E-state index contributed by atoms with van der Waals surface area (Å²) in [7, 11) is -1.95. The number of carbonyl (C=O) groups excluding carboxylic acids is 1. The normalized spacial score (nSPS) is 12.7. The van der Waals surface area contributed by atoms with E-state index in [0.717, 1.165) is 34.2 Å². The second-order valence-corrected chi connectivity index (χ2v) is 11.3. The number of amides is 1. The van der Waals surface area contributed by atoms with Gasteiger partial charge in [-0.1, -0.05) is 31.3 Å². The first-order valence-electron chi connectivity index (χ1n) is 11.5. The Hall–Kier alpha value is -2.33. The van der Waals surface area contributed by atoms with Crippen molar-refractivity contribution in [1.82, 2.24) is 8.87 Å². The average molecular weight is 504 g/mol. The van der Waals surface area contributed by atoms with E-state index in [9.17, 15) is 13.2 Å². The van der Waals surface area contributed by atoms with Crippen molar-refractivity contribution in [2.75, 3.05) is 26.8 Å². The van der Waals surface area contributed by atoms with Crippen LogP contribution in [0, 0.1) is 13.8 Å². The summed E-state index contributed by atoms with van der Waals surface area (Å²) in [6.45, 7) is 10.0. The molecule has 0 unspecified atom stereocenters. The van der Waals surface area contributed by atoms with Crippen molar-refractivity contribution in [2.45, 2.75) is 52.0 Å². The lowest BCUT2D eigenvalue weighted by molar-refractivity contribution is 0.0997. The van der Waals surface area contributed by atoms with E-state index in [0.29, 0.717) is 36.6 Å². The summed E-state index contributed by atoms with van der Waals surface area (Å²) >= 11 is 1.47. The highest BCUT2D eigenvalue weighted by Crippen LogP contribution is 2.23. The number of aromatic nitrogens is 1. The molecule has 184 valence electrons. The van der Waals surface area contributed by atoms with E-state index in [1.165, 1.54) is 39.9 Å². The van der Waals surface area contributed by atoms with Crippen LogP contribution in [0.2, 0.25) is 0 Å². The first kappa shape index (κ1) is 26.3. The molecular weight excluding hydrogens is 470 g/mol. The van der Waals surface area contributed by atoms with Gasteiger partial charge in [0.15, 0.2) is 4.80 Å². The minimum absolute atomic E-state index is 0.189. The van der Waals surface area contributed by atoms with Crippen LogP contribution in [0.5, 0.6) is 0 Å². The van der Waals surface area contributed by atoms with Crippen molar-refractivity contribution in [3.05, 3.63) is 57.9 Å². The van der Waals surface area contributed by atoms with E-state index >= 15 is 0 Å². The third-order valence-corrected chi connectivity index (χ3v) is 8.45. The van der Waals surface area contributed by atoms with Gasteiger partial charge in [0, 0.05) is 32.3 Å². The van der Waals surface area contributed by atoms with Crippen LogP contribution >= 0.6 is 11.3 Å². The number of benzene rings is 2. The zero-order chi connectivity index (χ0) is 24.9. The van der Waals surface area contributed by atoms with Crippen LogP contribution in [0.4, 0.5) is 0 Å². The smallest absolute Gasteiger partial charge is 0.279 e. The lowest BCUT2D eigenvalue weighted by atomic mass is 10.1. The predicted octanol–water partition coefficient (Wildman–Crippen LogP) is 4.52. The topological polar surface area (TPSA) is 81.0 Å². The number of nitrogens with zero attached hydrogens (tertiary/aromatic N) is 3. The van der Waals surface area contributed by atoms with Crippen LogP contribution in [0.3, 0.4) is 0 Å². The Morgan fingerprint density at radius 2 is 1.74 bits per heavy atom. The molecule has 0 saturated carbocycles. The van der Waals surface area contributed by atoms with Crippen molar-refractivity contribution >= 4 is 37.5 Å². The molecule has 1 heterocycles. The maximum Gasteiger partial charge on any atom is 0.279 e. The molecule has 3 aromatic rings. The Labute approximate surface area is 205 Å². The first-order valence-corrected chi connectivity index (χ1v) is 13.8. The number of fused-ring (bicyclic) bond motifs is 1. The first-order chi connectivity index (χ1) is 16.2. The van der Waals surface area contributed by atoms with Gasteiger partial charge in [-0.2, -0.15) is 9.30 Å². The van der Waals surface area contributed by atoms with Gasteiger partial charge in [0.05, 0.1) is 21.7 Å². The van der Waals surface area contributed by atoms with Crippen LogP contribution in [-0.2, 0) is 21.3 Å². The van der Waals surface area contributed by atoms with Gasteiger partial charge in [-0.3, -0.25) is 4.79 Å². The number of aryl methyl sites for hydroxylation is 2. The van der Waals surface area contributed by atoms with Gasteiger partial charge in [-0.25, -0.2) is 8.42 Å². The van der Waals surface area contributed by atoms with E-state index < -0.39 is 15.9 Å². The Morgan fingerprint density at radius 1 is 1.09 bits per heavy atom. The number of carbonyl (C=O) groups is 1. The molecule has 0 spiro atoms. The molecule has 0 saturated heterocycles. The largest absolute Gasteiger partial charge is 0.383 e. The number of hydrogen-bond donors (Lipinski definition) is 0. The van der Waals surface area contributed by atoms with Gasteiger partial charge in [0.25, 0.3) is 5.91 Å². The summed E-state index contributed by atoms with van der Waals surface area (Å²) in [5.41, 5.74) is 3.67. The number of methoxy groups -OCH3 is 1. The number of hydrogen-bond acceptors (Lipinski definition) is 5. The summed E-state index contributed by atoms with van der Waals surface area (Å²) in [6.07, 6.45) is 1.48. The molecule has 2 aromatic carbocycles. The molecule has 0 fully saturated rings. The third kappa shape index (κ3) is 5.66. The fourth-order valence-electron chi connectivity index (χ4n) is 3.99.